The fourth-order valence-corrected chi connectivity index (χ4v) is 6.30. The molecule has 5 aromatic carbocycles. The maximum absolute atomic E-state index is 5.76. The van der Waals surface area contributed by atoms with E-state index in [1.807, 2.05) is 0 Å². The summed E-state index contributed by atoms with van der Waals surface area (Å²) in [7, 11) is 2.04. The highest BCUT2D eigenvalue weighted by atomic mass is 28.4. The second kappa shape index (κ2) is 6.01. The van der Waals surface area contributed by atoms with Crippen molar-refractivity contribution < 1.29 is 13.3 Å². The van der Waals surface area contributed by atoms with Crippen LogP contribution in [0.1, 0.15) is 0 Å². The average Bonchev–Trinajstić information content (AvgIpc) is 2.73. The fourth-order valence-electron chi connectivity index (χ4n) is 4.43. The SMILES string of the molecule is CO[Si](OC)(OC)c1cc2cccc3c4cccc5cccc(c(c1)c23)c54. The molecule has 0 atom stereocenters. The molecule has 0 heterocycles. The van der Waals surface area contributed by atoms with E-state index in [1.54, 1.807) is 21.3 Å². The Labute approximate surface area is 158 Å². The highest BCUT2D eigenvalue weighted by Crippen LogP contribution is 2.39. The summed E-state index contributed by atoms with van der Waals surface area (Å²) in [5.74, 6) is 0. The maximum Gasteiger partial charge on any atom is 0.536 e. The summed E-state index contributed by atoms with van der Waals surface area (Å²) in [6, 6.07) is 23.9. The lowest BCUT2D eigenvalue weighted by Gasteiger charge is -2.25. The third-order valence-electron chi connectivity index (χ3n) is 5.62. The Balaban J connectivity index is 2.04. The van der Waals surface area contributed by atoms with Gasteiger partial charge in [0.1, 0.15) is 0 Å². The molecule has 0 aromatic heterocycles. The minimum Gasteiger partial charge on any atom is -0.373 e. The van der Waals surface area contributed by atoms with Gasteiger partial charge in [-0.2, -0.15) is 0 Å². The third-order valence-corrected chi connectivity index (χ3v) is 8.23. The Morgan fingerprint density at radius 1 is 0.556 bits per heavy atom. The quantitative estimate of drug-likeness (QED) is 0.257. The van der Waals surface area contributed by atoms with Gasteiger partial charge < -0.3 is 13.3 Å². The molecule has 5 rings (SSSR count). The van der Waals surface area contributed by atoms with Crippen LogP contribution in [-0.2, 0) is 13.3 Å². The second-order valence-corrected chi connectivity index (χ2v) is 9.72. The van der Waals surface area contributed by atoms with Gasteiger partial charge in [-0.15, -0.1) is 0 Å². The molecule has 0 aliphatic rings. The predicted molar refractivity (Wildman–Crippen MR) is 114 cm³/mol. The zero-order chi connectivity index (χ0) is 18.6. The van der Waals surface area contributed by atoms with Gasteiger partial charge in [-0.25, -0.2) is 0 Å². The number of benzene rings is 5. The largest absolute Gasteiger partial charge is 0.536 e. The first-order chi connectivity index (χ1) is 13.2. The summed E-state index contributed by atoms with van der Waals surface area (Å²) in [5, 5.41) is 11.0. The molecule has 0 spiro atoms. The van der Waals surface area contributed by atoms with E-state index in [0.717, 1.165) is 5.19 Å². The summed E-state index contributed by atoms with van der Waals surface area (Å²) in [6.07, 6.45) is 0. The van der Waals surface area contributed by atoms with Crippen molar-refractivity contribution in [3.8, 4) is 0 Å². The Kier molecular flexibility index (Phi) is 3.70. The monoisotopic (exact) mass is 372 g/mol. The number of rotatable bonds is 4. The van der Waals surface area contributed by atoms with Crippen molar-refractivity contribution in [2.45, 2.75) is 0 Å². The van der Waals surface area contributed by atoms with Crippen LogP contribution in [0.3, 0.4) is 0 Å². The Bertz CT molecular complexity index is 1280. The average molecular weight is 372 g/mol. The lowest BCUT2D eigenvalue weighted by Crippen LogP contribution is -2.54. The molecular formula is C23H20O3Si. The Hall–Kier alpha value is -2.50. The molecule has 0 amide bonds. The van der Waals surface area contributed by atoms with Crippen molar-refractivity contribution in [3.63, 3.8) is 0 Å². The van der Waals surface area contributed by atoms with E-state index in [-0.39, 0.29) is 0 Å². The fraction of sp³-hybridized carbons (Fsp3) is 0.130. The molecule has 0 N–H and O–H groups in total. The summed E-state index contributed by atoms with van der Waals surface area (Å²) in [5.41, 5.74) is 0. The summed E-state index contributed by atoms with van der Waals surface area (Å²) >= 11 is 0. The molecular weight excluding hydrogens is 352 g/mol. The highest BCUT2D eigenvalue weighted by Gasteiger charge is 2.41. The van der Waals surface area contributed by atoms with Gasteiger partial charge in [-0.1, -0.05) is 54.6 Å². The van der Waals surface area contributed by atoms with Crippen molar-refractivity contribution in [1.29, 1.82) is 0 Å². The van der Waals surface area contributed by atoms with Crippen molar-refractivity contribution in [1.82, 2.24) is 0 Å². The molecule has 134 valence electrons. The van der Waals surface area contributed by atoms with Crippen LogP contribution >= 0.6 is 0 Å². The van der Waals surface area contributed by atoms with Crippen molar-refractivity contribution in [2.75, 3.05) is 21.3 Å². The molecule has 0 aliphatic carbocycles. The lowest BCUT2D eigenvalue weighted by molar-refractivity contribution is 0.140. The zero-order valence-electron chi connectivity index (χ0n) is 15.6. The molecule has 0 unspecified atom stereocenters. The van der Waals surface area contributed by atoms with Crippen LogP contribution in [0.2, 0.25) is 0 Å². The van der Waals surface area contributed by atoms with Gasteiger partial charge in [-0.3, -0.25) is 0 Å². The molecule has 0 saturated carbocycles. The first kappa shape index (κ1) is 16.7. The van der Waals surface area contributed by atoms with E-state index >= 15 is 0 Å². The van der Waals surface area contributed by atoms with Crippen molar-refractivity contribution in [2.24, 2.45) is 0 Å². The Morgan fingerprint density at radius 3 is 1.59 bits per heavy atom. The number of hydrogen-bond acceptors (Lipinski definition) is 3. The zero-order valence-corrected chi connectivity index (χ0v) is 16.6. The van der Waals surface area contributed by atoms with E-state index in [4.69, 9.17) is 13.3 Å². The van der Waals surface area contributed by atoms with Crippen LogP contribution < -0.4 is 5.19 Å². The summed E-state index contributed by atoms with van der Waals surface area (Å²) < 4.78 is 17.3. The molecule has 0 saturated heterocycles. The van der Waals surface area contributed by atoms with Gasteiger partial charge in [0.25, 0.3) is 0 Å². The minimum absolute atomic E-state index is 0.978. The van der Waals surface area contributed by atoms with Gasteiger partial charge in [0, 0.05) is 26.5 Å². The third kappa shape index (κ3) is 2.18. The molecule has 3 nitrogen and oxygen atoms in total. The Morgan fingerprint density at radius 2 is 1.04 bits per heavy atom. The molecule has 0 aliphatic heterocycles. The van der Waals surface area contributed by atoms with E-state index in [1.165, 1.54) is 43.1 Å². The standard InChI is InChI=1S/C23H20O3Si/c1-24-27(25-2,26-3)17-13-16-9-6-11-19-18-10-4-7-15-8-5-12-20(22(15)18)21(14-17)23(16)19/h4-14H,1-3H3. The van der Waals surface area contributed by atoms with Crippen LogP contribution in [0.5, 0.6) is 0 Å². The highest BCUT2D eigenvalue weighted by molar-refractivity contribution is 6.75. The molecule has 0 bridgehead atoms. The van der Waals surface area contributed by atoms with Crippen molar-refractivity contribution >= 4 is 57.1 Å². The molecule has 27 heavy (non-hydrogen) atoms. The van der Waals surface area contributed by atoms with Crippen LogP contribution in [0.25, 0.3) is 43.1 Å². The molecule has 5 aromatic rings. The van der Waals surface area contributed by atoms with Crippen LogP contribution in [0, 0.1) is 0 Å². The van der Waals surface area contributed by atoms with Gasteiger partial charge in [0.2, 0.25) is 0 Å². The molecule has 4 heteroatoms. The predicted octanol–water partition coefficient (Wildman–Crippen LogP) is 4.82. The van der Waals surface area contributed by atoms with Crippen LogP contribution in [0.4, 0.5) is 0 Å². The van der Waals surface area contributed by atoms with Crippen LogP contribution in [0.15, 0.2) is 66.7 Å². The van der Waals surface area contributed by atoms with Gasteiger partial charge in [-0.05, 0) is 55.2 Å². The van der Waals surface area contributed by atoms with E-state index < -0.39 is 8.80 Å². The summed E-state index contributed by atoms with van der Waals surface area (Å²) in [4.78, 5) is 0. The first-order valence-electron chi connectivity index (χ1n) is 8.97. The number of hydrogen-bond donors (Lipinski definition) is 0. The van der Waals surface area contributed by atoms with Crippen LogP contribution in [-0.4, -0.2) is 30.1 Å². The summed E-state index contributed by atoms with van der Waals surface area (Å²) in [6.45, 7) is 0. The normalized spacial score (nSPS) is 12.7. The minimum atomic E-state index is -2.93. The topological polar surface area (TPSA) is 27.7 Å². The van der Waals surface area contributed by atoms with Crippen molar-refractivity contribution in [3.05, 3.63) is 66.7 Å². The van der Waals surface area contributed by atoms with Gasteiger partial charge in [0.15, 0.2) is 0 Å². The lowest BCUT2D eigenvalue weighted by atomic mass is 9.90. The van der Waals surface area contributed by atoms with E-state index in [9.17, 15) is 0 Å². The smallest absolute Gasteiger partial charge is 0.373 e. The molecule has 0 radical (unpaired) electrons. The maximum atomic E-state index is 5.76. The van der Waals surface area contributed by atoms with E-state index in [0.29, 0.717) is 0 Å². The molecule has 0 fully saturated rings. The second-order valence-electron chi connectivity index (χ2n) is 6.81. The van der Waals surface area contributed by atoms with Gasteiger partial charge >= 0.3 is 8.80 Å². The number of fused-ring (bicyclic) bond motifs is 2. The van der Waals surface area contributed by atoms with Gasteiger partial charge in [0.05, 0.1) is 0 Å². The van der Waals surface area contributed by atoms with E-state index in [2.05, 4.69) is 66.7 Å². The first-order valence-corrected chi connectivity index (χ1v) is 10.7.